The Bertz CT molecular complexity index is 677. The second-order valence-corrected chi connectivity index (χ2v) is 7.31. The summed E-state index contributed by atoms with van der Waals surface area (Å²) in [7, 11) is -3.49. The van der Waals surface area contributed by atoms with Crippen LogP contribution in [0.25, 0.3) is 0 Å². The summed E-state index contributed by atoms with van der Waals surface area (Å²) in [5.74, 6) is 0. The molecule has 0 spiro atoms. The molecule has 3 N–H and O–H groups in total. The van der Waals surface area contributed by atoms with Crippen molar-refractivity contribution in [2.24, 2.45) is 5.73 Å². The molecule has 0 bridgehead atoms. The third kappa shape index (κ3) is 4.11. The molecule has 0 saturated carbocycles. The van der Waals surface area contributed by atoms with Crippen molar-refractivity contribution in [3.63, 3.8) is 0 Å². The fraction of sp³-hybridized carbons (Fsp3) is 0.154. The molecule has 1 heterocycles. The van der Waals surface area contributed by atoms with Crippen molar-refractivity contribution < 1.29 is 8.42 Å². The van der Waals surface area contributed by atoms with E-state index in [1.807, 2.05) is 16.8 Å². The molecule has 1 aromatic carbocycles. The van der Waals surface area contributed by atoms with Crippen molar-refractivity contribution >= 4 is 38.6 Å². The molecule has 20 heavy (non-hydrogen) atoms. The van der Waals surface area contributed by atoms with Gasteiger partial charge in [-0.2, -0.15) is 11.3 Å². The highest BCUT2D eigenvalue weighted by atomic mass is 32.2. The lowest BCUT2D eigenvalue weighted by atomic mass is 10.1. The molecule has 0 atom stereocenters. The SMILES string of the molecule is NC(=S)Cc1ccc(S(=O)(=O)NCc2ccsc2)cc1. The maximum absolute atomic E-state index is 12.1. The molecule has 0 aliphatic heterocycles. The lowest BCUT2D eigenvalue weighted by molar-refractivity contribution is 0.581. The number of sulfonamides is 1. The van der Waals surface area contributed by atoms with E-state index in [-0.39, 0.29) is 4.90 Å². The average molecular weight is 326 g/mol. The molecule has 2 aromatic rings. The maximum Gasteiger partial charge on any atom is 0.240 e. The summed E-state index contributed by atoms with van der Waals surface area (Å²) in [5.41, 5.74) is 7.30. The highest BCUT2D eigenvalue weighted by Crippen LogP contribution is 2.12. The number of rotatable bonds is 6. The molecular weight excluding hydrogens is 312 g/mol. The summed E-state index contributed by atoms with van der Waals surface area (Å²) < 4.78 is 26.8. The van der Waals surface area contributed by atoms with E-state index in [4.69, 9.17) is 18.0 Å². The number of hydrogen-bond donors (Lipinski definition) is 2. The number of hydrogen-bond acceptors (Lipinski definition) is 4. The Hall–Kier alpha value is -1.28. The fourth-order valence-electron chi connectivity index (χ4n) is 1.64. The Morgan fingerprint density at radius 3 is 2.45 bits per heavy atom. The van der Waals surface area contributed by atoms with Crippen molar-refractivity contribution in [1.29, 1.82) is 0 Å². The van der Waals surface area contributed by atoms with Gasteiger partial charge in [0.25, 0.3) is 0 Å². The summed E-state index contributed by atoms with van der Waals surface area (Å²) >= 11 is 6.35. The van der Waals surface area contributed by atoms with Gasteiger partial charge in [0.05, 0.1) is 9.88 Å². The van der Waals surface area contributed by atoms with Crippen LogP contribution in [0.5, 0.6) is 0 Å². The molecule has 0 amide bonds. The van der Waals surface area contributed by atoms with Gasteiger partial charge in [-0.1, -0.05) is 24.4 Å². The van der Waals surface area contributed by atoms with Gasteiger partial charge in [0.2, 0.25) is 10.0 Å². The Labute approximate surface area is 127 Å². The van der Waals surface area contributed by atoms with Gasteiger partial charge in [-0.25, -0.2) is 13.1 Å². The number of nitrogens with two attached hydrogens (primary N) is 1. The smallest absolute Gasteiger partial charge is 0.240 e. The molecule has 4 nitrogen and oxygen atoms in total. The van der Waals surface area contributed by atoms with E-state index in [1.54, 1.807) is 24.3 Å². The van der Waals surface area contributed by atoms with Crippen LogP contribution in [-0.4, -0.2) is 13.4 Å². The summed E-state index contributed by atoms with van der Waals surface area (Å²) in [6, 6.07) is 8.45. The van der Waals surface area contributed by atoms with Crippen LogP contribution in [0.3, 0.4) is 0 Å². The van der Waals surface area contributed by atoms with Crippen molar-refractivity contribution in [3.8, 4) is 0 Å². The maximum atomic E-state index is 12.1. The van der Waals surface area contributed by atoms with E-state index in [9.17, 15) is 8.42 Å². The predicted molar refractivity (Wildman–Crippen MR) is 85.3 cm³/mol. The van der Waals surface area contributed by atoms with Crippen LogP contribution in [0.2, 0.25) is 0 Å². The monoisotopic (exact) mass is 326 g/mol. The van der Waals surface area contributed by atoms with Crippen LogP contribution in [0.1, 0.15) is 11.1 Å². The molecule has 106 valence electrons. The second kappa shape index (κ2) is 6.45. The number of thiophene rings is 1. The van der Waals surface area contributed by atoms with Crippen molar-refractivity contribution in [2.45, 2.75) is 17.9 Å². The van der Waals surface area contributed by atoms with Gasteiger partial charge < -0.3 is 5.73 Å². The van der Waals surface area contributed by atoms with Crippen LogP contribution in [0.4, 0.5) is 0 Å². The average Bonchev–Trinajstić information content (AvgIpc) is 2.89. The molecule has 1 aromatic heterocycles. The van der Waals surface area contributed by atoms with Gasteiger partial charge >= 0.3 is 0 Å². The zero-order valence-electron chi connectivity index (χ0n) is 10.6. The van der Waals surface area contributed by atoms with Crippen LogP contribution < -0.4 is 10.5 Å². The minimum atomic E-state index is -3.49. The predicted octanol–water partition coefficient (Wildman–Crippen LogP) is 2.06. The van der Waals surface area contributed by atoms with Crippen LogP contribution in [0.15, 0.2) is 46.0 Å². The van der Waals surface area contributed by atoms with E-state index in [0.717, 1.165) is 11.1 Å². The van der Waals surface area contributed by atoms with Crippen LogP contribution in [0, 0.1) is 0 Å². The second-order valence-electron chi connectivity index (χ2n) is 4.24. The molecule has 0 saturated heterocycles. The summed E-state index contributed by atoms with van der Waals surface area (Å²) in [6.45, 7) is 0.292. The first-order chi connectivity index (χ1) is 9.47. The molecule has 2 rings (SSSR count). The first-order valence-corrected chi connectivity index (χ1v) is 8.69. The number of thiocarbonyl (C=S) groups is 1. The lowest BCUT2D eigenvalue weighted by Crippen LogP contribution is -2.23. The standard InChI is InChI=1S/C13H14N2O2S3/c14-13(18)7-10-1-3-12(4-2-10)20(16,17)15-8-11-5-6-19-9-11/h1-6,9,15H,7-8H2,(H2,14,18). The normalized spacial score (nSPS) is 11.4. The first kappa shape index (κ1) is 15.1. The fourth-order valence-corrected chi connectivity index (χ4v) is 3.50. The number of benzene rings is 1. The van der Waals surface area contributed by atoms with Gasteiger partial charge in [0.15, 0.2) is 0 Å². The largest absolute Gasteiger partial charge is 0.393 e. The minimum Gasteiger partial charge on any atom is -0.393 e. The molecule has 0 unspecified atom stereocenters. The van der Waals surface area contributed by atoms with Crippen LogP contribution >= 0.6 is 23.6 Å². The van der Waals surface area contributed by atoms with E-state index in [2.05, 4.69) is 4.72 Å². The Kier molecular flexibility index (Phi) is 4.87. The highest BCUT2D eigenvalue weighted by molar-refractivity contribution is 7.89. The molecule has 0 radical (unpaired) electrons. The van der Waals surface area contributed by atoms with Gasteiger partial charge in [0.1, 0.15) is 0 Å². The summed E-state index contributed by atoms with van der Waals surface area (Å²) in [6.07, 6.45) is 0.470. The minimum absolute atomic E-state index is 0.236. The lowest BCUT2D eigenvalue weighted by Gasteiger charge is -2.07. The third-order valence-electron chi connectivity index (χ3n) is 2.66. The van der Waals surface area contributed by atoms with Gasteiger partial charge in [-0.3, -0.25) is 0 Å². The zero-order chi connectivity index (χ0) is 14.6. The molecule has 0 aliphatic carbocycles. The third-order valence-corrected chi connectivity index (χ3v) is 4.95. The zero-order valence-corrected chi connectivity index (χ0v) is 13.0. The summed E-state index contributed by atoms with van der Waals surface area (Å²) in [4.78, 5) is 0.621. The van der Waals surface area contributed by atoms with Gasteiger partial charge in [-0.15, -0.1) is 0 Å². The quantitative estimate of drug-likeness (QED) is 0.797. The highest BCUT2D eigenvalue weighted by Gasteiger charge is 2.13. The van der Waals surface area contributed by atoms with Crippen molar-refractivity contribution in [1.82, 2.24) is 4.72 Å². The molecule has 7 heteroatoms. The first-order valence-electron chi connectivity index (χ1n) is 5.85. The van der Waals surface area contributed by atoms with Crippen molar-refractivity contribution in [2.75, 3.05) is 0 Å². The van der Waals surface area contributed by atoms with E-state index >= 15 is 0 Å². The summed E-state index contributed by atoms with van der Waals surface area (Å²) in [5, 5.41) is 3.82. The van der Waals surface area contributed by atoms with Gasteiger partial charge in [-0.05, 0) is 40.1 Å². The molecular formula is C13H14N2O2S3. The van der Waals surface area contributed by atoms with E-state index < -0.39 is 10.0 Å². The number of nitrogens with one attached hydrogen (secondary N) is 1. The molecule has 0 fully saturated rings. The Balaban J connectivity index is 2.07. The van der Waals surface area contributed by atoms with E-state index in [0.29, 0.717) is 18.0 Å². The molecule has 0 aliphatic rings. The van der Waals surface area contributed by atoms with Crippen LogP contribution in [-0.2, 0) is 23.0 Å². The Morgan fingerprint density at radius 1 is 1.20 bits per heavy atom. The topological polar surface area (TPSA) is 72.2 Å². The van der Waals surface area contributed by atoms with Gasteiger partial charge in [0, 0.05) is 13.0 Å². The van der Waals surface area contributed by atoms with E-state index in [1.165, 1.54) is 11.3 Å². The van der Waals surface area contributed by atoms with Crippen molar-refractivity contribution in [3.05, 3.63) is 52.2 Å². The Morgan fingerprint density at radius 2 is 1.90 bits per heavy atom.